The van der Waals surface area contributed by atoms with E-state index in [0.717, 1.165) is 19.1 Å². The molecule has 2 aliphatic heterocycles. The molecule has 68 valence electrons. The highest BCUT2D eigenvalue weighted by atomic mass is 15.4. The van der Waals surface area contributed by atoms with Gasteiger partial charge in [0.1, 0.15) is 13.1 Å². The van der Waals surface area contributed by atoms with Crippen LogP contribution in [0.4, 0.5) is 0 Å². The molecular formula is C10H19N2+. The lowest BCUT2D eigenvalue weighted by molar-refractivity contribution is -0.916. The molecule has 0 bridgehead atoms. The minimum atomic E-state index is 0.760. The van der Waals surface area contributed by atoms with Gasteiger partial charge in [-0.15, -0.1) is 0 Å². The van der Waals surface area contributed by atoms with Crippen molar-refractivity contribution in [3.63, 3.8) is 0 Å². The standard InChI is InChI=1S/C10H19N2/c1-8(2)12(3)6-9-4-11-5-10(9)7-12/h8,11H,4-7H2,1-3H3/q+1. The molecule has 0 amide bonds. The minimum absolute atomic E-state index is 0.760. The van der Waals surface area contributed by atoms with Crippen molar-refractivity contribution >= 4 is 0 Å². The van der Waals surface area contributed by atoms with Crippen LogP contribution < -0.4 is 5.32 Å². The fraction of sp³-hybridized carbons (Fsp3) is 0.800. The third kappa shape index (κ3) is 1.10. The van der Waals surface area contributed by atoms with Gasteiger partial charge >= 0.3 is 0 Å². The second kappa shape index (κ2) is 2.57. The van der Waals surface area contributed by atoms with Crippen LogP contribution in [0.3, 0.4) is 0 Å². The number of hydrogen-bond acceptors (Lipinski definition) is 1. The molecule has 2 aliphatic rings. The van der Waals surface area contributed by atoms with E-state index in [4.69, 9.17) is 0 Å². The van der Waals surface area contributed by atoms with Gasteiger partial charge in [0, 0.05) is 24.2 Å². The van der Waals surface area contributed by atoms with Gasteiger partial charge in [-0.25, -0.2) is 0 Å². The lowest BCUT2D eigenvalue weighted by atomic mass is 10.2. The molecule has 0 atom stereocenters. The summed E-state index contributed by atoms with van der Waals surface area (Å²) < 4.78 is 1.23. The third-order valence-corrected chi connectivity index (χ3v) is 3.53. The van der Waals surface area contributed by atoms with Crippen LogP contribution in [-0.4, -0.2) is 43.8 Å². The molecule has 0 aromatic rings. The first-order valence-corrected chi connectivity index (χ1v) is 4.86. The molecule has 0 aliphatic carbocycles. The van der Waals surface area contributed by atoms with E-state index >= 15 is 0 Å². The number of likely N-dealkylation sites (N-methyl/N-ethyl adjacent to an activating group) is 1. The Bertz CT molecular complexity index is 212. The molecular weight excluding hydrogens is 148 g/mol. The Morgan fingerprint density at radius 3 is 2.08 bits per heavy atom. The zero-order valence-corrected chi connectivity index (χ0v) is 8.35. The predicted octanol–water partition coefficient (Wildman–Crippen LogP) is 0.755. The van der Waals surface area contributed by atoms with Crippen molar-refractivity contribution in [2.75, 3.05) is 33.2 Å². The van der Waals surface area contributed by atoms with Crippen LogP contribution in [0.15, 0.2) is 11.1 Å². The lowest BCUT2D eigenvalue weighted by Crippen LogP contribution is -2.49. The first-order chi connectivity index (χ1) is 5.62. The zero-order valence-electron chi connectivity index (χ0n) is 8.35. The van der Waals surface area contributed by atoms with Crippen LogP contribution in [0.5, 0.6) is 0 Å². The van der Waals surface area contributed by atoms with Crippen molar-refractivity contribution in [3.05, 3.63) is 11.1 Å². The van der Waals surface area contributed by atoms with Gasteiger partial charge in [-0.3, -0.25) is 0 Å². The minimum Gasteiger partial charge on any atom is -0.317 e. The zero-order chi connectivity index (χ0) is 8.77. The van der Waals surface area contributed by atoms with Crippen LogP contribution in [0.1, 0.15) is 13.8 Å². The van der Waals surface area contributed by atoms with E-state index in [-0.39, 0.29) is 0 Å². The maximum atomic E-state index is 3.42. The highest BCUT2D eigenvalue weighted by molar-refractivity contribution is 5.26. The summed E-state index contributed by atoms with van der Waals surface area (Å²) in [7, 11) is 2.38. The van der Waals surface area contributed by atoms with Gasteiger partial charge in [0.25, 0.3) is 0 Å². The van der Waals surface area contributed by atoms with Gasteiger partial charge in [-0.2, -0.15) is 0 Å². The second-order valence-corrected chi connectivity index (χ2v) is 4.70. The lowest BCUT2D eigenvalue weighted by Gasteiger charge is -2.35. The molecule has 1 N–H and O–H groups in total. The van der Waals surface area contributed by atoms with Crippen molar-refractivity contribution in [1.82, 2.24) is 5.32 Å². The molecule has 0 saturated carbocycles. The maximum absolute atomic E-state index is 3.42. The molecule has 0 unspecified atom stereocenters. The summed E-state index contributed by atoms with van der Waals surface area (Å²) >= 11 is 0. The van der Waals surface area contributed by atoms with Crippen LogP contribution in [0, 0.1) is 0 Å². The number of rotatable bonds is 1. The quantitative estimate of drug-likeness (QED) is 0.449. The number of nitrogens with zero attached hydrogens (tertiary/aromatic N) is 1. The van der Waals surface area contributed by atoms with E-state index in [1.54, 1.807) is 11.1 Å². The Balaban J connectivity index is 2.12. The molecule has 0 aromatic carbocycles. The Hall–Kier alpha value is -0.340. The highest BCUT2D eigenvalue weighted by Crippen LogP contribution is 2.27. The molecule has 2 heterocycles. The fourth-order valence-corrected chi connectivity index (χ4v) is 2.24. The normalized spacial score (nSPS) is 27.0. The number of quaternary nitrogens is 1. The summed E-state index contributed by atoms with van der Waals surface area (Å²) in [4.78, 5) is 0. The number of hydrogen-bond donors (Lipinski definition) is 1. The topological polar surface area (TPSA) is 12.0 Å². The Labute approximate surface area is 74.8 Å². The number of nitrogens with one attached hydrogen (secondary N) is 1. The van der Waals surface area contributed by atoms with Gasteiger partial charge in [0.15, 0.2) is 0 Å². The van der Waals surface area contributed by atoms with Crippen molar-refractivity contribution < 1.29 is 4.48 Å². The van der Waals surface area contributed by atoms with Gasteiger partial charge < -0.3 is 9.80 Å². The van der Waals surface area contributed by atoms with E-state index in [1.165, 1.54) is 17.6 Å². The van der Waals surface area contributed by atoms with E-state index in [2.05, 4.69) is 26.2 Å². The van der Waals surface area contributed by atoms with E-state index in [9.17, 15) is 0 Å². The van der Waals surface area contributed by atoms with Crippen molar-refractivity contribution in [1.29, 1.82) is 0 Å². The first-order valence-electron chi connectivity index (χ1n) is 4.86. The Kier molecular flexibility index (Phi) is 1.77. The maximum Gasteiger partial charge on any atom is 0.102 e. The predicted molar refractivity (Wildman–Crippen MR) is 51.0 cm³/mol. The van der Waals surface area contributed by atoms with Crippen LogP contribution in [0.2, 0.25) is 0 Å². The summed E-state index contributed by atoms with van der Waals surface area (Å²) in [5.74, 6) is 0. The third-order valence-electron chi connectivity index (χ3n) is 3.53. The van der Waals surface area contributed by atoms with Crippen molar-refractivity contribution in [2.24, 2.45) is 0 Å². The summed E-state index contributed by atoms with van der Waals surface area (Å²) in [5, 5.41) is 3.42. The molecule has 2 nitrogen and oxygen atoms in total. The molecule has 0 fully saturated rings. The van der Waals surface area contributed by atoms with Crippen molar-refractivity contribution in [2.45, 2.75) is 19.9 Å². The summed E-state index contributed by atoms with van der Waals surface area (Å²) in [5.41, 5.74) is 3.37. The fourth-order valence-electron chi connectivity index (χ4n) is 2.24. The molecule has 0 spiro atoms. The SMILES string of the molecule is CC(C)[N+]1(C)CC2=C(CNC2)C1. The van der Waals surface area contributed by atoms with Gasteiger partial charge in [-0.05, 0) is 13.8 Å². The van der Waals surface area contributed by atoms with Gasteiger partial charge in [-0.1, -0.05) is 0 Å². The Morgan fingerprint density at radius 2 is 1.67 bits per heavy atom. The Morgan fingerprint density at radius 1 is 1.17 bits per heavy atom. The average Bonchev–Trinajstić information content (AvgIpc) is 2.44. The monoisotopic (exact) mass is 167 g/mol. The molecule has 0 aromatic heterocycles. The smallest absolute Gasteiger partial charge is 0.102 e. The van der Waals surface area contributed by atoms with Gasteiger partial charge in [0.05, 0.1) is 13.1 Å². The second-order valence-electron chi connectivity index (χ2n) is 4.70. The average molecular weight is 167 g/mol. The molecule has 0 saturated heterocycles. The molecule has 0 radical (unpaired) electrons. The van der Waals surface area contributed by atoms with Crippen molar-refractivity contribution in [3.8, 4) is 0 Å². The van der Waals surface area contributed by atoms with E-state index in [1.807, 2.05) is 0 Å². The van der Waals surface area contributed by atoms with Crippen LogP contribution >= 0.6 is 0 Å². The largest absolute Gasteiger partial charge is 0.317 e. The molecule has 2 rings (SSSR count). The van der Waals surface area contributed by atoms with Crippen LogP contribution in [0.25, 0.3) is 0 Å². The van der Waals surface area contributed by atoms with E-state index in [0.29, 0.717) is 0 Å². The first kappa shape index (κ1) is 8.27. The van der Waals surface area contributed by atoms with Gasteiger partial charge in [0.2, 0.25) is 0 Å². The molecule has 12 heavy (non-hydrogen) atoms. The van der Waals surface area contributed by atoms with Crippen LogP contribution in [-0.2, 0) is 0 Å². The summed E-state index contributed by atoms with van der Waals surface area (Å²) in [6.45, 7) is 9.51. The summed E-state index contributed by atoms with van der Waals surface area (Å²) in [6.07, 6.45) is 0. The van der Waals surface area contributed by atoms with E-state index < -0.39 is 0 Å². The molecule has 2 heteroatoms. The summed E-state index contributed by atoms with van der Waals surface area (Å²) in [6, 6.07) is 0.760. The highest BCUT2D eigenvalue weighted by Gasteiger charge is 2.37.